The van der Waals surface area contributed by atoms with E-state index in [1.165, 1.54) is 0 Å². The number of benzene rings is 2. The molecule has 2 aromatic carbocycles. The summed E-state index contributed by atoms with van der Waals surface area (Å²) in [6.07, 6.45) is 1.67. The van der Waals surface area contributed by atoms with Crippen molar-refractivity contribution < 1.29 is 19.0 Å². The lowest BCUT2D eigenvalue weighted by Crippen LogP contribution is -2.15. The molecule has 0 bridgehead atoms. The third-order valence-corrected chi connectivity index (χ3v) is 4.77. The summed E-state index contributed by atoms with van der Waals surface area (Å²) in [5, 5.41) is 9.82. The van der Waals surface area contributed by atoms with Gasteiger partial charge in [-0.05, 0) is 44.0 Å². The van der Waals surface area contributed by atoms with Crippen molar-refractivity contribution in [2.45, 2.75) is 20.8 Å². The van der Waals surface area contributed by atoms with E-state index in [1.807, 2.05) is 38.1 Å². The standard InChI is InChI=1S/C25H25N3O4/c1-4-30-22-12-18(10-11-21(22)32-15-23(29)31-5-2)24-19(13-26)25(27)28-14-20(24)17-8-6-16(3)7-9-17/h6-12,14H,4-5,15H2,1-3H3,(H2,27,28). The molecule has 7 heteroatoms. The van der Waals surface area contributed by atoms with Crippen LogP contribution in [0.2, 0.25) is 0 Å². The Kier molecular flexibility index (Phi) is 7.29. The number of carbonyl (C=O) groups excluding carboxylic acids is 1. The van der Waals surface area contributed by atoms with Gasteiger partial charge in [-0.3, -0.25) is 0 Å². The second-order valence-corrected chi connectivity index (χ2v) is 6.97. The van der Waals surface area contributed by atoms with Gasteiger partial charge in [-0.1, -0.05) is 35.9 Å². The Bertz CT molecular complexity index is 1150. The number of anilines is 1. The largest absolute Gasteiger partial charge is 0.490 e. The predicted octanol–water partition coefficient (Wildman–Crippen LogP) is 4.52. The third kappa shape index (κ3) is 4.98. The molecule has 0 radical (unpaired) electrons. The van der Waals surface area contributed by atoms with E-state index in [4.69, 9.17) is 19.9 Å². The average molecular weight is 431 g/mol. The molecule has 0 aliphatic carbocycles. The number of pyridine rings is 1. The van der Waals surface area contributed by atoms with Gasteiger partial charge in [0.05, 0.1) is 13.2 Å². The normalized spacial score (nSPS) is 10.3. The van der Waals surface area contributed by atoms with Crippen LogP contribution in [-0.4, -0.2) is 30.8 Å². The minimum Gasteiger partial charge on any atom is -0.490 e. The molecule has 32 heavy (non-hydrogen) atoms. The van der Waals surface area contributed by atoms with Crippen LogP contribution in [-0.2, 0) is 9.53 Å². The molecule has 0 aliphatic heterocycles. The summed E-state index contributed by atoms with van der Waals surface area (Å²) >= 11 is 0. The van der Waals surface area contributed by atoms with Crippen LogP contribution in [0.4, 0.5) is 5.82 Å². The highest BCUT2D eigenvalue weighted by atomic mass is 16.6. The van der Waals surface area contributed by atoms with Crippen LogP contribution in [0.1, 0.15) is 25.0 Å². The SMILES string of the molecule is CCOC(=O)COc1ccc(-c2c(-c3ccc(C)cc3)cnc(N)c2C#N)cc1OCC. The third-order valence-electron chi connectivity index (χ3n) is 4.77. The first-order valence-corrected chi connectivity index (χ1v) is 10.3. The molecule has 0 spiro atoms. The lowest BCUT2D eigenvalue weighted by Gasteiger charge is -2.16. The number of nitrogen functional groups attached to an aromatic ring is 1. The molecule has 0 saturated carbocycles. The lowest BCUT2D eigenvalue weighted by molar-refractivity contribution is -0.145. The lowest BCUT2D eigenvalue weighted by atomic mass is 9.92. The molecule has 0 atom stereocenters. The van der Waals surface area contributed by atoms with Crippen molar-refractivity contribution in [1.82, 2.24) is 4.98 Å². The van der Waals surface area contributed by atoms with Crippen LogP contribution in [0.15, 0.2) is 48.7 Å². The van der Waals surface area contributed by atoms with Crippen molar-refractivity contribution in [3.63, 3.8) is 0 Å². The Morgan fingerprint density at radius 1 is 1.03 bits per heavy atom. The van der Waals surface area contributed by atoms with Crippen LogP contribution in [0.5, 0.6) is 11.5 Å². The van der Waals surface area contributed by atoms with Gasteiger partial charge in [0.15, 0.2) is 18.1 Å². The number of carbonyl (C=O) groups is 1. The quantitative estimate of drug-likeness (QED) is 0.523. The Morgan fingerprint density at radius 2 is 1.75 bits per heavy atom. The van der Waals surface area contributed by atoms with Gasteiger partial charge >= 0.3 is 5.97 Å². The van der Waals surface area contributed by atoms with Gasteiger partial charge in [0.25, 0.3) is 0 Å². The highest BCUT2D eigenvalue weighted by molar-refractivity contribution is 5.90. The molecule has 2 N–H and O–H groups in total. The molecule has 3 aromatic rings. The molecule has 1 aromatic heterocycles. The monoisotopic (exact) mass is 431 g/mol. The predicted molar refractivity (Wildman–Crippen MR) is 122 cm³/mol. The number of hydrogen-bond acceptors (Lipinski definition) is 7. The van der Waals surface area contributed by atoms with Gasteiger partial charge in [-0.25, -0.2) is 9.78 Å². The number of ether oxygens (including phenoxy) is 3. The van der Waals surface area contributed by atoms with Crippen molar-refractivity contribution in [1.29, 1.82) is 5.26 Å². The molecular weight excluding hydrogens is 406 g/mol. The zero-order chi connectivity index (χ0) is 23.1. The zero-order valence-corrected chi connectivity index (χ0v) is 18.3. The van der Waals surface area contributed by atoms with Crippen molar-refractivity contribution in [2.24, 2.45) is 0 Å². The number of esters is 1. The smallest absolute Gasteiger partial charge is 0.344 e. The first kappa shape index (κ1) is 22.6. The molecule has 0 aliphatic rings. The van der Waals surface area contributed by atoms with Crippen LogP contribution in [0.3, 0.4) is 0 Å². The van der Waals surface area contributed by atoms with Crippen molar-refractivity contribution >= 4 is 11.8 Å². The van der Waals surface area contributed by atoms with E-state index in [9.17, 15) is 10.1 Å². The fraction of sp³-hybridized carbons (Fsp3) is 0.240. The maximum Gasteiger partial charge on any atom is 0.344 e. The van der Waals surface area contributed by atoms with Gasteiger partial charge in [0.2, 0.25) is 0 Å². The van der Waals surface area contributed by atoms with E-state index >= 15 is 0 Å². The van der Waals surface area contributed by atoms with E-state index in [0.717, 1.165) is 22.3 Å². The second-order valence-electron chi connectivity index (χ2n) is 6.97. The topological polar surface area (TPSA) is 107 Å². The van der Waals surface area contributed by atoms with Gasteiger partial charge in [0, 0.05) is 17.3 Å². The molecule has 164 valence electrons. The average Bonchev–Trinajstić information content (AvgIpc) is 2.79. The number of nitriles is 1. The molecule has 7 nitrogen and oxygen atoms in total. The highest BCUT2D eigenvalue weighted by Gasteiger charge is 2.19. The molecular formula is C25H25N3O4. The Hall–Kier alpha value is -4.05. The first-order valence-electron chi connectivity index (χ1n) is 10.3. The Labute approximate surface area is 187 Å². The van der Waals surface area contributed by atoms with Crippen LogP contribution < -0.4 is 15.2 Å². The summed E-state index contributed by atoms with van der Waals surface area (Å²) in [6, 6.07) is 15.4. The minimum absolute atomic E-state index is 0.152. The molecule has 0 saturated heterocycles. The second kappa shape index (κ2) is 10.3. The number of hydrogen-bond donors (Lipinski definition) is 1. The number of nitrogens with two attached hydrogens (primary N) is 1. The molecule has 3 rings (SSSR count). The summed E-state index contributed by atoms with van der Waals surface area (Å²) < 4.78 is 16.3. The van der Waals surface area contributed by atoms with Gasteiger partial charge in [-0.2, -0.15) is 5.26 Å². The van der Waals surface area contributed by atoms with Crippen LogP contribution in [0.25, 0.3) is 22.3 Å². The van der Waals surface area contributed by atoms with Crippen LogP contribution >= 0.6 is 0 Å². The number of aryl methyl sites for hydroxylation is 1. The van der Waals surface area contributed by atoms with E-state index in [1.54, 1.807) is 31.3 Å². The summed E-state index contributed by atoms with van der Waals surface area (Å²) in [5.74, 6) is 0.540. The minimum atomic E-state index is -0.464. The van der Waals surface area contributed by atoms with E-state index in [-0.39, 0.29) is 24.6 Å². The fourth-order valence-corrected chi connectivity index (χ4v) is 3.28. The summed E-state index contributed by atoms with van der Waals surface area (Å²) in [6.45, 7) is 6.04. The van der Waals surface area contributed by atoms with Gasteiger partial charge < -0.3 is 19.9 Å². The Morgan fingerprint density at radius 3 is 2.41 bits per heavy atom. The summed E-state index contributed by atoms with van der Waals surface area (Å²) in [7, 11) is 0. The maximum atomic E-state index is 11.7. The zero-order valence-electron chi connectivity index (χ0n) is 18.3. The van der Waals surface area contributed by atoms with E-state index in [0.29, 0.717) is 23.7 Å². The number of nitrogens with zero attached hydrogens (tertiary/aromatic N) is 2. The Balaban J connectivity index is 2.11. The van der Waals surface area contributed by atoms with Gasteiger partial charge in [-0.15, -0.1) is 0 Å². The van der Waals surface area contributed by atoms with E-state index in [2.05, 4.69) is 11.1 Å². The first-order chi connectivity index (χ1) is 15.5. The fourth-order valence-electron chi connectivity index (χ4n) is 3.28. The number of aromatic nitrogens is 1. The van der Waals surface area contributed by atoms with Crippen molar-refractivity contribution in [2.75, 3.05) is 25.6 Å². The van der Waals surface area contributed by atoms with Crippen LogP contribution in [0, 0.1) is 18.3 Å². The van der Waals surface area contributed by atoms with E-state index < -0.39 is 5.97 Å². The molecule has 0 amide bonds. The molecule has 0 fully saturated rings. The summed E-state index contributed by atoms with van der Waals surface area (Å²) in [4.78, 5) is 15.9. The molecule has 0 unspecified atom stereocenters. The van der Waals surface area contributed by atoms with Crippen molar-refractivity contribution in [3.8, 4) is 39.8 Å². The summed E-state index contributed by atoms with van der Waals surface area (Å²) in [5.41, 5.74) is 10.5. The van der Waals surface area contributed by atoms with Gasteiger partial charge in [0.1, 0.15) is 17.5 Å². The maximum absolute atomic E-state index is 11.7. The molecule has 1 heterocycles. The highest BCUT2D eigenvalue weighted by Crippen LogP contribution is 2.40. The van der Waals surface area contributed by atoms with Crippen molar-refractivity contribution in [3.05, 3.63) is 59.8 Å². The number of rotatable bonds is 8.